The van der Waals surface area contributed by atoms with Gasteiger partial charge in [0.2, 0.25) is 0 Å². The highest BCUT2D eigenvalue weighted by Gasteiger charge is 2.19. The fourth-order valence-corrected chi connectivity index (χ4v) is 2.54. The molecule has 0 spiro atoms. The summed E-state index contributed by atoms with van der Waals surface area (Å²) in [7, 11) is 0. The van der Waals surface area contributed by atoms with Crippen molar-refractivity contribution >= 4 is 33.8 Å². The Morgan fingerprint density at radius 2 is 2.38 bits per heavy atom. The molecule has 2 rings (SSSR count). The third kappa shape index (κ3) is 1.63. The van der Waals surface area contributed by atoms with Crippen LogP contribution in [0.3, 0.4) is 0 Å². The van der Waals surface area contributed by atoms with Crippen LogP contribution in [-0.2, 0) is 4.74 Å². The predicted molar refractivity (Wildman–Crippen MR) is 62.3 cm³/mol. The Hall–Kier alpha value is -1.62. The summed E-state index contributed by atoms with van der Waals surface area (Å²) in [6, 6.07) is 1.89. The maximum atomic E-state index is 11.6. The number of H-pyrrole nitrogens is 1. The van der Waals surface area contributed by atoms with Gasteiger partial charge in [0, 0.05) is 10.3 Å². The number of esters is 1. The van der Waals surface area contributed by atoms with E-state index in [1.807, 2.05) is 13.0 Å². The summed E-state index contributed by atoms with van der Waals surface area (Å²) in [4.78, 5) is 27.4. The average Bonchev–Trinajstić information content (AvgIpc) is 2.73. The lowest BCUT2D eigenvalue weighted by molar-refractivity contribution is 0.0518. The van der Waals surface area contributed by atoms with E-state index in [1.165, 1.54) is 11.3 Å². The first-order valence-electron chi connectivity index (χ1n) is 4.91. The second kappa shape index (κ2) is 4.09. The molecule has 0 amide bonds. The number of carbonyl (C=O) groups is 2. The average molecular weight is 237 g/mol. The summed E-state index contributed by atoms with van der Waals surface area (Å²) in [6.45, 7) is 3.98. The van der Waals surface area contributed by atoms with Crippen LogP contribution in [0, 0.1) is 6.92 Å². The van der Waals surface area contributed by atoms with E-state index in [2.05, 4.69) is 4.98 Å². The summed E-state index contributed by atoms with van der Waals surface area (Å²) < 4.78 is 4.88. The normalized spacial score (nSPS) is 10.6. The first-order valence-corrected chi connectivity index (χ1v) is 5.73. The van der Waals surface area contributed by atoms with Gasteiger partial charge in [0.15, 0.2) is 6.29 Å². The number of hydrogen-bond acceptors (Lipinski definition) is 4. The van der Waals surface area contributed by atoms with Gasteiger partial charge in [-0.1, -0.05) is 0 Å². The first-order chi connectivity index (χ1) is 7.67. The van der Waals surface area contributed by atoms with E-state index >= 15 is 0 Å². The van der Waals surface area contributed by atoms with Gasteiger partial charge in [0.05, 0.1) is 12.2 Å². The third-order valence-corrected chi connectivity index (χ3v) is 3.22. The number of aldehydes is 1. The van der Waals surface area contributed by atoms with E-state index in [0.717, 1.165) is 15.1 Å². The van der Waals surface area contributed by atoms with Crippen molar-refractivity contribution in [1.82, 2.24) is 4.98 Å². The van der Waals surface area contributed by atoms with Gasteiger partial charge in [-0.25, -0.2) is 4.79 Å². The molecule has 1 N–H and O–H groups in total. The molecule has 0 radical (unpaired) electrons. The van der Waals surface area contributed by atoms with Crippen LogP contribution in [0.15, 0.2) is 6.07 Å². The molecule has 0 saturated heterocycles. The minimum atomic E-state index is -0.481. The van der Waals surface area contributed by atoms with Gasteiger partial charge in [-0.15, -0.1) is 11.3 Å². The Bertz CT molecular complexity index is 553. The maximum Gasteiger partial charge on any atom is 0.355 e. The van der Waals surface area contributed by atoms with E-state index in [9.17, 15) is 9.59 Å². The number of aromatic nitrogens is 1. The van der Waals surface area contributed by atoms with Crippen molar-refractivity contribution in [3.05, 3.63) is 22.2 Å². The molecule has 0 unspecified atom stereocenters. The van der Waals surface area contributed by atoms with Crippen molar-refractivity contribution in [2.75, 3.05) is 6.61 Å². The molecule has 0 fully saturated rings. The zero-order chi connectivity index (χ0) is 11.7. The van der Waals surface area contributed by atoms with E-state index in [1.54, 1.807) is 6.92 Å². The fraction of sp³-hybridized carbons (Fsp3) is 0.273. The van der Waals surface area contributed by atoms with Gasteiger partial charge >= 0.3 is 5.97 Å². The van der Waals surface area contributed by atoms with Gasteiger partial charge < -0.3 is 9.72 Å². The molecular weight excluding hydrogens is 226 g/mol. The second-order valence-electron chi connectivity index (χ2n) is 3.35. The van der Waals surface area contributed by atoms with Crippen molar-refractivity contribution in [2.45, 2.75) is 13.8 Å². The van der Waals surface area contributed by atoms with Gasteiger partial charge in [-0.3, -0.25) is 4.79 Å². The summed E-state index contributed by atoms with van der Waals surface area (Å²) in [5.41, 5.74) is 0.635. The largest absolute Gasteiger partial charge is 0.461 e. The molecule has 0 aliphatic carbocycles. The fourth-order valence-electron chi connectivity index (χ4n) is 1.61. The summed E-state index contributed by atoms with van der Waals surface area (Å²) >= 11 is 1.52. The van der Waals surface area contributed by atoms with Crippen LogP contribution in [0.2, 0.25) is 0 Å². The van der Waals surface area contributed by atoms with Crippen LogP contribution < -0.4 is 0 Å². The number of ether oxygens (including phenoxy) is 1. The molecule has 0 atom stereocenters. The maximum absolute atomic E-state index is 11.6. The highest BCUT2D eigenvalue weighted by molar-refractivity contribution is 7.18. The van der Waals surface area contributed by atoms with Crippen molar-refractivity contribution in [3.63, 3.8) is 0 Å². The molecule has 2 aromatic rings. The Morgan fingerprint density at radius 1 is 1.62 bits per heavy atom. The number of hydrogen-bond donors (Lipinski definition) is 1. The standard InChI is InChI=1S/C11H11NO3S/c1-3-15-11(14)9-8(5-13)7-4-6(2)16-10(7)12-9/h4-5,12H,3H2,1-2H3. The number of carbonyl (C=O) groups excluding carboxylic acids is 2. The lowest BCUT2D eigenvalue weighted by Crippen LogP contribution is -2.07. The SMILES string of the molecule is CCOC(=O)c1[nH]c2sc(C)cc2c1C=O. The number of aromatic amines is 1. The molecule has 0 aliphatic heterocycles. The number of rotatable bonds is 3. The van der Waals surface area contributed by atoms with Crippen molar-refractivity contribution in [2.24, 2.45) is 0 Å². The van der Waals surface area contributed by atoms with Crippen molar-refractivity contribution in [1.29, 1.82) is 0 Å². The summed E-state index contributed by atoms with van der Waals surface area (Å²) in [6.07, 6.45) is 0.692. The second-order valence-corrected chi connectivity index (χ2v) is 4.61. The van der Waals surface area contributed by atoms with Crippen molar-refractivity contribution < 1.29 is 14.3 Å². The van der Waals surface area contributed by atoms with Crippen LogP contribution in [0.1, 0.15) is 32.6 Å². The van der Waals surface area contributed by atoms with Gasteiger partial charge in [-0.05, 0) is 19.9 Å². The van der Waals surface area contributed by atoms with E-state index < -0.39 is 5.97 Å². The quantitative estimate of drug-likeness (QED) is 0.659. The molecular formula is C11H11NO3S. The van der Waals surface area contributed by atoms with Gasteiger partial charge in [0.25, 0.3) is 0 Å². The predicted octanol–water partition coefficient (Wildman–Crippen LogP) is 2.53. The van der Waals surface area contributed by atoms with Crippen LogP contribution in [-0.4, -0.2) is 23.8 Å². The minimum absolute atomic E-state index is 0.248. The molecule has 0 saturated carbocycles. The Labute approximate surface area is 96.2 Å². The van der Waals surface area contributed by atoms with Gasteiger partial charge in [0.1, 0.15) is 10.5 Å². The molecule has 2 heterocycles. The molecule has 5 heteroatoms. The number of nitrogens with one attached hydrogen (secondary N) is 1. The first kappa shape index (κ1) is 10.9. The molecule has 2 aromatic heterocycles. The zero-order valence-electron chi connectivity index (χ0n) is 8.99. The van der Waals surface area contributed by atoms with Gasteiger partial charge in [-0.2, -0.15) is 0 Å². The Balaban J connectivity index is 2.57. The minimum Gasteiger partial charge on any atom is -0.461 e. The van der Waals surface area contributed by atoms with Crippen LogP contribution >= 0.6 is 11.3 Å². The van der Waals surface area contributed by atoms with Crippen LogP contribution in [0.25, 0.3) is 10.2 Å². The van der Waals surface area contributed by atoms with E-state index in [-0.39, 0.29) is 5.69 Å². The summed E-state index contributed by atoms with van der Waals surface area (Å²) in [5, 5.41) is 0.792. The van der Waals surface area contributed by atoms with Crippen LogP contribution in [0.4, 0.5) is 0 Å². The lowest BCUT2D eigenvalue weighted by atomic mass is 10.2. The topological polar surface area (TPSA) is 59.2 Å². The molecule has 0 bridgehead atoms. The molecule has 84 valence electrons. The molecule has 0 aliphatic rings. The number of thiophene rings is 1. The van der Waals surface area contributed by atoms with Crippen molar-refractivity contribution in [3.8, 4) is 0 Å². The zero-order valence-corrected chi connectivity index (χ0v) is 9.81. The van der Waals surface area contributed by atoms with Crippen LogP contribution in [0.5, 0.6) is 0 Å². The van der Waals surface area contributed by atoms with E-state index in [4.69, 9.17) is 4.74 Å². The smallest absolute Gasteiger partial charge is 0.355 e. The molecule has 0 aromatic carbocycles. The molecule has 4 nitrogen and oxygen atoms in total. The number of aryl methyl sites for hydroxylation is 1. The highest BCUT2D eigenvalue weighted by atomic mass is 32.1. The Kier molecular flexibility index (Phi) is 2.78. The third-order valence-electron chi connectivity index (χ3n) is 2.25. The number of fused-ring (bicyclic) bond motifs is 1. The Morgan fingerprint density at radius 3 is 3.00 bits per heavy atom. The highest BCUT2D eigenvalue weighted by Crippen LogP contribution is 2.29. The summed E-state index contributed by atoms with van der Waals surface area (Å²) in [5.74, 6) is -0.481. The monoisotopic (exact) mass is 237 g/mol. The van der Waals surface area contributed by atoms with E-state index in [0.29, 0.717) is 18.5 Å². The lowest BCUT2D eigenvalue weighted by Gasteiger charge is -1.99. The molecule has 16 heavy (non-hydrogen) atoms.